The standard InChI is InChI=1S/C15H18N4S/c1-4-12-11(9-19(3)18-12)8-16-15-17-13-6-5-10(2)7-14(13)20-15/h5-7,9H,4,8H2,1-3H3,(H,16,17). The van der Waals surface area contributed by atoms with Gasteiger partial charge in [0.25, 0.3) is 0 Å². The Morgan fingerprint density at radius 2 is 2.20 bits per heavy atom. The second kappa shape index (κ2) is 5.25. The van der Waals surface area contributed by atoms with Crippen molar-refractivity contribution in [1.82, 2.24) is 14.8 Å². The van der Waals surface area contributed by atoms with Gasteiger partial charge in [0.05, 0.1) is 15.9 Å². The molecule has 5 heteroatoms. The fraction of sp³-hybridized carbons (Fsp3) is 0.333. The first-order valence-corrected chi connectivity index (χ1v) is 7.60. The molecule has 0 aliphatic rings. The number of hydrogen-bond donors (Lipinski definition) is 1. The maximum absolute atomic E-state index is 4.61. The van der Waals surface area contributed by atoms with E-state index in [4.69, 9.17) is 0 Å². The highest BCUT2D eigenvalue weighted by atomic mass is 32.1. The lowest BCUT2D eigenvalue weighted by atomic mass is 10.2. The lowest BCUT2D eigenvalue weighted by molar-refractivity contribution is 0.746. The number of fused-ring (bicyclic) bond motifs is 1. The Balaban J connectivity index is 1.79. The number of aromatic nitrogens is 3. The van der Waals surface area contributed by atoms with Gasteiger partial charge >= 0.3 is 0 Å². The summed E-state index contributed by atoms with van der Waals surface area (Å²) < 4.78 is 3.10. The highest BCUT2D eigenvalue weighted by Gasteiger charge is 2.08. The SMILES string of the molecule is CCc1nn(C)cc1CNc1nc2ccc(C)cc2s1. The third-order valence-corrected chi connectivity index (χ3v) is 4.28. The summed E-state index contributed by atoms with van der Waals surface area (Å²) in [6.07, 6.45) is 3.03. The summed E-state index contributed by atoms with van der Waals surface area (Å²) in [5, 5.41) is 8.84. The number of benzene rings is 1. The molecule has 0 aliphatic heterocycles. The van der Waals surface area contributed by atoms with E-state index < -0.39 is 0 Å². The van der Waals surface area contributed by atoms with Gasteiger partial charge in [0, 0.05) is 25.4 Å². The largest absolute Gasteiger partial charge is 0.357 e. The molecule has 0 unspecified atom stereocenters. The molecule has 0 amide bonds. The summed E-state index contributed by atoms with van der Waals surface area (Å²) in [5.74, 6) is 0. The van der Waals surface area contributed by atoms with E-state index in [1.54, 1.807) is 11.3 Å². The molecular weight excluding hydrogens is 268 g/mol. The molecule has 4 nitrogen and oxygen atoms in total. The van der Waals surface area contributed by atoms with Crippen molar-refractivity contribution in [2.75, 3.05) is 5.32 Å². The molecule has 3 aromatic rings. The monoisotopic (exact) mass is 286 g/mol. The molecule has 104 valence electrons. The first-order chi connectivity index (χ1) is 9.65. The summed E-state index contributed by atoms with van der Waals surface area (Å²) in [7, 11) is 1.96. The third kappa shape index (κ3) is 2.54. The average Bonchev–Trinajstić information content (AvgIpc) is 2.98. The van der Waals surface area contributed by atoms with E-state index in [1.165, 1.54) is 15.8 Å². The van der Waals surface area contributed by atoms with Gasteiger partial charge < -0.3 is 5.32 Å². The predicted octanol–water partition coefficient (Wildman–Crippen LogP) is 3.51. The quantitative estimate of drug-likeness (QED) is 0.798. The van der Waals surface area contributed by atoms with Crippen LogP contribution in [-0.4, -0.2) is 14.8 Å². The molecule has 0 atom stereocenters. The second-order valence-corrected chi connectivity index (χ2v) is 6.00. The molecule has 2 heterocycles. The zero-order chi connectivity index (χ0) is 14.1. The van der Waals surface area contributed by atoms with E-state index in [0.717, 1.165) is 29.3 Å². The molecule has 0 aliphatic carbocycles. The summed E-state index contributed by atoms with van der Waals surface area (Å²) >= 11 is 1.70. The molecule has 0 spiro atoms. The van der Waals surface area contributed by atoms with Crippen LogP contribution >= 0.6 is 11.3 Å². The second-order valence-electron chi connectivity index (χ2n) is 4.97. The minimum Gasteiger partial charge on any atom is -0.357 e. The van der Waals surface area contributed by atoms with E-state index in [-0.39, 0.29) is 0 Å². The first kappa shape index (κ1) is 13.1. The molecule has 1 N–H and O–H groups in total. The number of rotatable bonds is 4. The van der Waals surface area contributed by atoms with Crippen molar-refractivity contribution >= 4 is 26.7 Å². The van der Waals surface area contributed by atoms with Gasteiger partial charge in [-0.25, -0.2) is 4.98 Å². The average molecular weight is 286 g/mol. The maximum Gasteiger partial charge on any atom is 0.184 e. The molecule has 1 aromatic carbocycles. The van der Waals surface area contributed by atoms with Crippen LogP contribution in [0, 0.1) is 6.92 Å². The van der Waals surface area contributed by atoms with Gasteiger partial charge in [-0.05, 0) is 31.0 Å². The van der Waals surface area contributed by atoms with Crippen LogP contribution in [0.15, 0.2) is 24.4 Å². The highest BCUT2D eigenvalue weighted by molar-refractivity contribution is 7.22. The number of hydrogen-bond acceptors (Lipinski definition) is 4. The van der Waals surface area contributed by atoms with Crippen LogP contribution in [-0.2, 0) is 20.0 Å². The molecule has 0 saturated carbocycles. The van der Waals surface area contributed by atoms with Crippen molar-refractivity contribution in [2.24, 2.45) is 7.05 Å². The van der Waals surface area contributed by atoms with Gasteiger partial charge in [0.1, 0.15) is 0 Å². The molecule has 3 rings (SSSR count). The lowest BCUT2D eigenvalue weighted by Crippen LogP contribution is -2.00. The Kier molecular flexibility index (Phi) is 3.44. The van der Waals surface area contributed by atoms with Gasteiger partial charge in [-0.3, -0.25) is 4.68 Å². The molecular formula is C15H18N4S. The summed E-state index contributed by atoms with van der Waals surface area (Å²) in [6.45, 7) is 5.01. The van der Waals surface area contributed by atoms with Gasteiger partial charge in [-0.1, -0.05) is 24.3 Å². The fourth-order valence-corrected chi connectivity index (χ4v) is 3.27. The molecule has 0 radical (unpaired) electrons. The number of thiazole rings is 1. The van der Waals surface area contributed by atoms with Crippen LogP contribution in [0.4, 0.5) is 5.13 Å². The van der Waals surface area contributed by atoms with Crippen molar-refractivity contribution in [2.45, 2.75) is 26.8 Å². The minimum absolute atomic E-state index is 0.774. The van der Waals surface area contributed by atoms with Crippen LogP contribution in [0.5, 0.6) is 0 Å². The summed E-state index contributed by atoms with van der Waals surface area (Å²) in [5.41, 5.74) is 4.72. The van der Waals surface area contributed by atoms with Crippen LogP contribution in [0.1, 0.15) is 23.7 Å². The number of nitrogens with one attached hydrogen (secondary N) is 1. The number of anilines is 1. The van der Waals surface area contributed by atoms with E-state index in [9.17, 15) is 0 Å². The van der Waals surface area contributed by atoms with Crippen molar-refractivity contribution in [1.29, 1.82) is 0 Å². The van der Waals surface area contributed by atoms with Crippen molar-refractivity contribution in [3.05, 3.63) is 41.2 Å². The van der Waals surface area contributed by atoms with Gasteiger partial charge in [-0.2, -0.15) is 5.10 Å². The Labute approximate surface area is 122 Å². The van der Waals surface area contributed by atoms with E-state index in [0.29, 0.717) is 0 Å². The minimum atomic E-state index is 0.774. The van der Waals surface area contributed by atoms with Crippen molar-refractivity contribution in [3.8, 4) is 0 Å². The molecule has 0 bridgehead atoms. The van der Waals surface area contributed by atoms with Crippen LogP contribution in [0.3, 0.4) is 0 Å². The Hall–Kier alpha value is -1.88. The van der Waals surface area contributed by atoms with Crippen molar-refractivity contribution < 1.29 is 0 Å². The van der Waals surface area contributed by atoms with Crippen LogP contribution in [0.25, 0.3) is 10.2 Å². The molecule has 0 fully saturated rings. The van der Waals surface area contributed by atoms with Gasteiger partial charge in [0.2, 0.25) is 0 Å². The topological polar surface area (TPSA) is 42.7 Å². The third-order valence-electron chi connectivity index (χ3n) is 3.30. The molecule has 2 aromatic heterocycles. The van der Waals surface area contributed by atoms with Crippen LogP contribution in [0.2, 0.25) is 0 Å². The van der Waals surface area contributed by atoms with Gasteiger partial charge in [0.15, 0.2) is 5.13 Å². The first-order valence-electron chi connectivity index (χ1n) is 6.78. The van der Waals surface area contributed by atoms with Gasteiger partial charge in [-0.15, -0.1) is 0 Å². The van der Waals surface area contributed by atoms with Crippen molar-refractivity contribution in [3.63, 3.8) is 0 Å². The molecule has 20 heavy (non-hydrogen) atoms. The smallest absolute Gasteiger partial charge is 0.184 e. The predicted molar refractivity (Wildman–Crippen MR) is 84.3 cm³/mol. The number of aryl methyl sites for hydroxylation is 3. The van der Waals surface area contributed by atoms with E-state index in [2.05, 4.69) is 53.6 Å². The highest BCUT2D eigenvalue weighted by Crippen LogP contribution is 2.27. The number of nitrogens with zero attached hydrogens (tertiary/aromatic N) is 3. The van der Waals surface area contributed by atoms with E-state index in [1.807, 2.05) is 11.7 Å². The Bertz CT molecular complexity index is 741. The normalized spacial score (nSPS) is 11.2. The maximum atomic E-state index is 4.61. The molecule has 0 saturated heterocycles. The zero-order valence-corrected chi connectivity index (χ0v) is 12.8. The lowest BCUT2D eigenvalue weighted by Gasteiger charge is -2.01. The Morgan fingerprint density at radius 1 is 1.35 bits per heavy atom. The summed E-state index contributed by atoms with van der Waals surface area (Å²) in [4.78, 5) is 4.61. The zero-order valence-electron chi connectivity index (χ0n) is 12.0. The Morgan fingerprint density at radius 3 is 3.00 bits per heavy atom. The van der Waals surface area contributed by atoms with E-state index >= 15 is 0 Å². The summed E-state index contributed by atoms with van der Waals surface area (Å²) in [6, 6.07) is 6.36. The fourth-order valence-electron chi connectivity index (χ4n) is 2.31. The van der Waals surface area contributed by atoms with Crippen LogP contribution < -0.4 is 5.32 Å².